The van der Waals surface area contributed by atoms with E-state index in [1.807, 2.05) is 14.0 Å². The Morgan fingerprint density at radius 1 is 1.35 bits per heavy atom. The minimum Gasteiger partial charge on any atom is -0.497 e. The summed E-state index contributed by atoms with van der Waals surface area (Å²) in [6.45, 7) is 2.62. The average Bonchev–Trinajstić information content (AvgIpc) is 2.35. The van der Waals surface area contributed by atoms with Crippen molar-refractivity contribution < 1.29 is 9.53 Å². The van der Waals surface area contributed by atoms with Crippen molar-refractivity contribution in [1.29, 1.82) is 0 Å². The summed E-state index contributed by atoms with van der Waals surface area (Å²) in [6.07, 6.45) is 0. The standard InChI is InChI=1S/C12H18N2O2.ClH/c1-9(13-2)8-14-12(15)10-4-6-11(16-3)7-5-10;/h4-7,9,13H,8H2,1-3H3,(H,14,15);1H. The smallest absolute Gasteiger partial charge is 0.251 e. The van der Waals surface area contributed by atoms with E-state index in [-0.39, 0.29) is 24.4 Å². The SMILES string of the molecule is CNC(C)CNC(=O)c1ccc(OC)cc1.Cl. The van der Waals surface area contributed by atoms with Crippen LogP contribution in [0.1, 0.15) is 17.3 Å². The molecule has 1 aromatic carbocycles. The molecular weight excluding hydrogens is 240 g/mol. The van der Waals surface area contributed by atoms with Gasteiger partial charge in [-0.25, -0.2) is 0 Å². The molecular formula is C12H19ClN2O2. The molecule has 2 N–H and O–H groups in total. The lowest BCUT2D eigenvalue weighted by Crippen LogP contribution is -2.37. The molecule has 0 spiro atoms. The number of carbonyl (C=O) groups excluding carboxylic acids is 1. The van der Waals surface area contributed by atoms with Crippen LogP contribution >= 0.6 is 12.4 Å². The lowest BCUT2D eigenvalue weighted by molar-refractivity contribution is 0.0950. The minimum atomic E-state index is -0.0650. The van der Waals surface area contributed by atoms with Crippen LogP contribution in [0.2, 0.25) is 0 Å². The third-order valence-corrected chi connectivity index (χ3v) is 2.41. The maximum absolute atomic E-state index is 11.7. The van der Waals surface area contributed by atoms with Gasteiger partial charge in [0.05, 0.1) is 7.11 Å². The van der Waals surface area contributed by atoms with Gasteiger partial charge in [-0.1, -0.05) is 0 Å². The van der Waals surface area contributed by atoms with Crippen molar-refractivity contribution in [2.75, 3.05) is 20.7 Å². The quantitative estimate of drug-likeness (QED) is 0.841. The Hall–Kier alpha value is -1.26. The van der Waals surface area contributed by atoms with Gasteiger partial charge in [-0.05, 0) is 38.2 Å². The molecule has 96 valence electrons. The van der Waals surface area contributed by atoms with Crippen molar-refractivity contribution in [1.82, 2.24) is 10.6 Å². The topological polar surface area (TPSA) is 50.4 Å². The second-order valence-corrected chi connectivity index (χ2v) is 3.63. The van der Waals surface area contributed by atoms with Crippen LogP contribution in [0.3, 0.4) is 0 Å². The second kappa shape index (κ2) is 7.92. The van der Waals surface area contributed by atoms with Crippen LogP contribution in [-0.4, -0.2) is 32.7 Å². The molecule has 5 heteroatoms. The number of hydrogen-bond donors (Lipinski definition) is 2. The number of methoxy groups -OCH3 is 1. The van der Waals surface area contributed by atoms with E-state index in [0.717, 1.165) is 5.75 Å². The van der Waals surface area contributed by atoms with Crippen molar-refractivity contribution in [2.24, 2.45) is 0 Å². The molecule has 0 aliphatic heterocycles. The summed E-state index contributed by atoms with van der Waals surface area (Å²) in [5.41, 5.74) is 0.643. The number of hydrogen-bond acceptors (Lipinski definition) is 3. The molecule has 17 heavy (non-hydrogen) atoms. The summed E-state index contributed by atoms with van der Waals surface area (Å²) in [5, 5.41) is 5.90. The molecule has 1 amide bonds. The molecule has 1 atom stereocenters. The van der Waals surface area contributed by atoms with Gasteiger partial charge < -0.3 is 15.4 Å². The lowest BCUT2D eigenvalue weighted by atomic mass is 10.2. The van der Waals surface area contributed by atoms with E-state index in [2.05, 4.69) is 10.6 Å². The fourth-order valence-corrected chi connectivity index (χ4v) is 1.19. The van der Waals surface area contributed by atoms with Crippen molar-refractivity contribution in [3.05, 3.63) is 29.8 Å². The Morgan fingerprint density at radius 2 is 1.94 bits per heavy atom. The Morgan fingerprint density at radius 3 is 2.41 bits per heavy atom. The number of ether oxygens (including phenoxy) is 1. The molecule has 0 aliphatic rings. The number of amides is 1. The minimum absolute atomic E-state index is 0. The van der Waals surface area contributed by atoms with Gasteiger partial charge >= 0.3 is 0 Å². The number of nitrogens with one attached hydrogen (secondary N) is 2. The third-order valence-electron chi connectivity index (χ3n) is 2.41. The molecule has 0 saturated carbocycles. The zero-order valence-corrected chi connectivity index (χ0v) is 11.1. The van der Waals surface area contributed by atoms with Crippen LogP contribution < -0.4 is 15.4 Å². The largest absolute Gasteiger partial charge is 0.497 e. The number of halogens is 1. The van der Waals surface area contributed by atoms with Gasteiger partial charge in [0.1, 0.15) is 5.75 Å². The lowest BCUT2D eigenvalue weighted by Gasteiger charge is -2.11. The van der Waals surface area contributed by atoms with E-state index in [0.29, 0.717) is 12.1 Å². The Bertz CT molecular complexity index is 341. The Kier molecular flexibility index (Phi) is 7.34. The van der Waals surface area contributed by atoms with E-state index >= 15 is 0 Å². The molecule has 1 unspecified atom stereocenters. The monoisotopic (exact) mass is 258 g/mol. The van der Waals surface area contributed by atoms with Gasteiger partial charge in [0, 0.05) is 18.2 Å². The molecule has 4 nitrogen and oxygen atoms in total. The first-order chi connectivity index (χ1) is 7.67. The zero-order valence-electron chi connectivity index (χ0n) is 10.3. The van der Waals surface area contributed by atoms with E-state index in [4.69, 9.17) is 4.74 Å². The highest BCUT2D eigenvalue weighted by molar-refractivity contribution is 5.94. The second-order valence-electron chi connectivity index (χ2n) is 3.63. The zero-order chi connectivity index (χ0) is 12.0. The summed E-state index contributed by atoms with van der Waals surface area (Å²) in [6, 6.07) is 7.31. The van der Waals surface area contributed by atoms with Gasteiger partial charge in [-0.3, -0.25) is 4.79 Å². The molecule has 1 aromatic rings. The van der Waals surface area contributed by atoms with Gasteiger partial charge in [-0.2, -0.15) is 0 Å². The molecule has 0 fully saturated rings. The molecule has 0 radical (unpaired) electrons. The molecule has 0 heterocycles. The summed E-state index contributed by atoms with van der Waals surface area (Å²) in [7, 11) is 3.47. The van der Waals surface area contributed by atoms with Crippen molar-refractivity contribution in [2.45, 2.75) is 13.0 Å². The Labute approximate surface area is 108 Å². The van der Waals surface area contributed by atoms with Crippen LogP contribution in [0.5, 0.6) is 5.75 Å². The van der Waals surface area contributed by atoms with Crippen LogP contribution in [0.4, 0.5) is 0 Å². The summed E-state index contributed by atoms with van der Waals surface area (Å²) >= 11 is 0. The summed E-state index contributed by atoms with van der Waals surface area (Å²) in [4.78, 5) is 11.7. The molecule has 1 rings (SSSR count). The fourth-order valence-electron chi connectivity index (χ4n) is 1.19. The van der Waals surface area contributed by atoms with Crippen LogP contribution in [-0.2, 0) is 0 Å². The fraction of sp³-hybridized carbons (Fsp3) is 0.417. The molecule has 0 bridgehead atoms. The van der Waals surface area contributed by atoms with Crippen molar-refractivity contribution in [3.63, 3.8) is 0 Å². The molecule has 0 aromatic heterocycles. The normalized spacial score (nSPS) is 11.2. The first-order valence-corrected chi connectivity index (χ1v) is 5.27. The van der Waals surface area contributed by atoms with Gasteiger partial charge in [0.15, 0.2) is 0 Å². The van der Waals surface area contributed by atoms with E-state index in [1.165, 1.54) is 0 Å². The first kappa shape index (κ1) is 15.7. The first-order valence-electron chi connectivity index (χ1n) is 5.27. The average molecular weight is 259 g/mol. The highest BCUT2D eigenvalue weighted by atomic mass is 35.5. The predicted octanol–water partition coefficient (Wildman–Crippen LogP) is 1.45. The van der Waals surface area contributed by atoms with Crippen LogP contribution in [0.25, 0.3) is 0 Å². The number of benzene rings is 1. The highest BCUT2D eigenvalue weighted by Crippen LogP contribution is 2.10. The maximum Gasteiger partial charge on any atom is 0.251 e. The van der Waals surface area contributed by atoms with Crippen molar-refractivity contribution in [3.8, 4) is 5.75 Å². The van der Waals surface area contributed by atoms with Crippen LogP contribution in [0.15, 0.2) is 24.3 Å². The van der Waals surface area contributed by atoms with E-state index < -0.39 is 0 Å². The number of carbonyl (C=O) groups is 1. The maximum atomic E-state index is 11.7. The summed E-state index contributed by atoms with van der Waals surface area (Å²) < 4.78 is 5.02. The molecule has 0 saturated heterocycles. The highest BCUT2D eigenvalue weighted by Gasteiger charge is 2.06. The third kappa shape index (κ3) is 5.06. The predicted molar refractivity (Wildman–Crippen MR) is 71.1 cm³/mol. The van der Waals surface area contributed by atoms with Gasteiger partial charge in [0.2, 0.25) is 0 Å². The number of rotatable bonds is 5. The van der Waals surface area contributed by atoms with E-state index in [9.17, 15) is 4.79 Å². The van der Waals surface area contributed by atoms with E-state index in [1.54, 1.807) is 31.4 Å². The van der Waals surface area contributed by atoms with Crippen molar-refractivity contribution >= 4 is 18.3 Å². The van der Waals surface area contributed by atoms with Gasteiger partial charge in [0.25, 0.3) is 5.91 Å². The van der Waals surface area contributed by atoms with Crippen LogP contribution in [0, 0.1) is 0 Å². The van der Waals surface area contributed by atoms with Gasteiger partial charge in [-0.15, -0.1) is 12.4 Å². The number of likely N-dealkylation sites (N-methyl/N-ethyl adjacent to an activating group) is 1. The summed E-state index contributed by atoms with van der Waals surface area (Å²) in [5.74, 6) is 0.685. The Balaban J connectivity index is 0.00000256. The molecule has 0 aliphatic carbocycles.